The summed E-state index contributed by atoms with van der Waals surface area (Å²) in [5, 5.41) is 22.2. The number of anilines is 2. The number of aromatic amines is 1. The van der Waals surface area contributed by atoms with E-state index in [2.05, 4.69) is 38.1 Å². The van der Waals surface area contributed by atoms with E-state index in [1.165, 1.54) is 0 Å². The van der Waals surface area contributed by atoms with Gasteiger partial charge in [0.15, 0.2) is 11.5 Å². The zero-order chi connectivity index (χ0) is 16.1. The quantitative estimate of drug-likeness (QED) is 0.700. The highest BCUT2D eigenvalue weighted by molar-refractivity contribution is 5.96. The maximum absolute atomic E-state index is 9.59. The maximum atomic E-state index is 9.59. The van der Waals surface area contributed by atoms with E-state index in [4.69, 9.17) is 0 Å². The topological polar surface area (TPSA) is 95.2 Å². The Morgan fingerprint density at radius 2 is 2.26 bits per heavy atom. The fourth-order valence-electron chi connectivity index (χ4n) is 2.90. The maximum Gasteiger partial charge on any atom is 0.163 e. The smallest absolute Gasteiger partial charge is 0.163 e. The van der Waals surface area contributed by atoms with Crippen molar-refractivity contribution in [3.63, 3.8) is 0 Å². The Balaban J connectivity index is 2.28. The average molecular weight is 303 g/mol. The van der Waals surface area contributed by atoms with Gasteiger partial charge >= 0.3 is 0 Å². The molecule has 1 aliphatic heterocycles. The van der Waals surface area contributed by atoms with E-state index in [-0.39, 0.29) is 0 Å². The molecule has 4 heterocycles. The molecule has 23 heavy (non-hydrogen) atoms. The number of aryl methyl sites for hydroxylation is 1. The van der Waals surface area contributed by atoms with Gasteiger partial charge in [-0.3, -0.25) is 9.67 Å². The molecular weight excluding hydrogens is 290 g/mol. The van der Waals surface area contributed by atoms with Gasteiger partial charge in [0.2, 0.25) is 0 Å². The van der Waals surface area contributed by atoms with Crippen LogP contribution in [-0.2, 0) is 0 Å². The van der Waals surface area contributed by atoms with Crippen molar-refractivity contribution in [3.05, 3.63) is 40.3 Å². The van der Waals surface area contributed by atoms with E-state index in [0.29, 0.717) is 39.4 Å². The van der Waals surface area contributed by atoms with Crippen LogP contribution in [0.2, 0.25) is 0 Å². The molecule has 0 saturated heterocycles. The molecule has 7 heteroatoms. The molecule has 4 rings (SSSR count). The van der Waals surface area contributed by atoms with Gasteiger partial charge in [0.25, 0.3) is 0 Å². The normalized spacial score (nSPS) is 13.0. The summed E-state index contributed by atoms with van der Waals surface area (Å²) >= 11 is 0. The zero-order valence-corrected chi connectivity index (χ0v) is 12.7. The Hall–Kier alpha value is -3.40. The zero-order valence-electron chi connectivity index (χ0n) is 12.7. The van der Waals surface area contributed by atoms with Gasteiger partial charge in [0.1, 0.15) is 23.3 Å². The minimum absolute atomic E-state index is 0.501. The molecule has 0 unspecified atom stereocenters. The van der Waals surface area contributed by atoms with E-state index in [9.17, 15) is 5.26 Å². The van der Waals surface area contributed by atoms with Crippen LogP contribution in [0.25, 0.3) is 23.3 Å². The molecule has 0 aliphatic carbocycles. The van der Waals surface area contributed by atoms with Crippen molar-refractivity contribution in [3.8, 4) is 6.07 Å². The van der Waals surface area contributed by atoms with Crippen molar-refractivity contribution in [1.82, 2.24) is 24.7 Å². The van der Waals surface area contributed by atoms with Crippen molar-refractivity contribution in [2.45, 2.75) is 13.8 Å². The lowest BCUT2D eigenvalue weighted by molar-refractivity contribution is 1.03. The van der Waals surface area contributed by atoms with Crippen molar-refractivity contribution >= 4 is 34.9 Å². The third kappa shape index (κ3) is 1.66. The lowest BCUT2D eigenvalue weighted by atomic mass is 10.2. The van der Waals surface area contributed by atoms with Gasteiger partial charge in [-0.2, -0.15) is 10.4 Å². The summed E-state index contributed by atoms with van der Waals surface area (Å²) in [7, 11) is 0. The predicted octanol–water partition coefficient (Wildman–Crippen LogP) is 1.03. The molecule has 0 amide bonds. The highest BCUT2D eigenvalue weighted by Gasteiger charge is 2.26. The van der Waals surface area contributed by atoms with Crippen LogP contribution in [0.1, 0.15) is 18.3 Å². The summed E-state index contributed by atoms with van der Waals surface area (Å²) in [4.78, 5) is 8.75. The van der Waals surface area contributed by atoms with Crippen LogP contribution in [-0.4, -0.2) is 24.7 Å². The molecule has 112 valence electrons. The minimum Gasteiger partial charge on any atom is -0.323 e. The van der Waals surface area contributed by atoms with Crippen LogP contribution in [0, 0.1) is 18.3 Å². The Morgan fingerprint density at radius 1 is 1.43 bits per heavy atom. The summed E-state index contributed by atoms with van der Waals surface area (Å²) in [5.41, 5.74) is 2.07. The first kappa shape index (κ1) is 13.3. The van der Waals surface area contributed by atoms with Crippen LogP contribution < -0.4 is 15.9 Å². The largest absolute Gasteiger partial charge is 0.323 e. The van der Waals surface area contributed by atoms with Gasteiger partial charge < -0.3 is 5.32 Å². The molecule has 0 saturated carbocycles. The molecule has 0 spiro atoms. The second kappa shape index (κ2) is 4.55. The van der Waals surface area contributed by atoms with E-state index >= 15 is 0 Å². The summed E-state index contributed by atoms with van der Waals surface area (Å²) in [6.07, 6.45) is 5.59. The van der Waals surface area contributed by atoms with E-state index in [0.717, 1.165) is 10.9 Å². The van der Waals surface area contributed by atoms with E-state index < -0.39 is 0 Å². The van der Waals surface area contributed by atoms with Crippen LogP contribution in [0.4, 0.5) is 11.6 Å². The van der Waals surface area contributed by atoms with Crippen LogP contribution in [0.15, 0.2) is 18.3 Å². The summed E-state index contributed by atoms with van der Waals surface area (Å²) < 4.78 is 1.93. The molecule has 3 aromatic rings. The summed E-state index contributed by atoms with van der Waals surface area (Å²) in [6.45, 7) is 7.77. The molecule has 1 aliphatic rings. The number of allylic oxidation sites excluding steroid dienone is 2. The van der Waals surface area contributed by atoms with Gasteiger partial charge in [-0.05, 0) is 19.9 Å². The molecule has 0 fully saturated rings. The number of rotatable bonds is 1. The first-order valence-electron chi connectivity index (χ1n) is 7.11. The molecular formula is C16H13N7. The second-order valence-corrected chi connectivity index (χ2v) is 5.26. The number of H-pyrrole nitrogens is 1. The minimum atomic E-state index is 0.501. The predicted molar refractivity (Wildman–Crippen MR) is 87.2 cm³/mol. The van der Waals surface area contributed by atoms with Crippen LogP contribution in [0.3, 0.4) is 0 Å². The van der Waals surface area contributed by atoms with Gasteiger partial charge in [0, 0.05) is 6.20 Å². The Kier molecular flexibility index (Phi) is 2.62. The summed E-state index contributed by atoms with van der Waals surface area (Å²) in [6, 6.07) is 2.24. The summed E-state index contributed by atoms with van der Waals surface area (Å²) in [5.74, 6) is 1.95. The van der Waals surface area contributed by atoms with Crippen molar-refractivity contribution in [2.75, 3.05) is 5.32 Å². The molecule has 0 radical (unpaired) electrons. The number of nitriles is 1. The number of fused-ring (bicyclic) bond motifs is 4. The SMILES string of the molecule is C=c1[nH]nc2c1=C(/C=C\C)n1c(c(C#N)c3cnc(C)nc31)N2. The fraction of sp³-hybridized carbons (Fsp3) is 0.125. The highest BCUT2D eigenvalue weighted by Crippen LogP contribution is 2.34. The first-order valence-corrected chi connectivity index (χ1v) is 7.11. The molecule has 3 aromatic heterocycles. The lowest BCUT2D eigenvalue weighted by Crippen LogP contribution is -2.31. The molecule has 0 atom stereocenters. The van der Waals surface area contributed by atoms with Crippen molar-refractivity contribution in [1.29, 1.82) is 5.26 Å². The van der Waals surface area contributed by atoms with Crippen LogP contribution >= 0.6 is 0 Å². The number of nitrogens with zero attached hydrogens (tertiary/aromatic N) is 5. The number of nitrogens with one attached hydrogen (secondary N) is 2. The van der Waals surface area contributed by atoms with E-state index in [1.54, 1.807) is 6.20 Å². The Bertz CT molecular complexity index is 1140. The van der Waals surface area contributed by atoms with Gasteiger partial charge in [0.05, 0.1) is 21.7 Å². The molecule has 0 bridgehead atoms. The highest BCUT2D eigenvalue weighted by atomic mass is 15.3. The second-order valence-electron chi connectivity index (χ2n) is 5.26. The lowest BCUT2D eigenvalue weighted by Gasteiger charge is -2.17. The van der Waals surface area contributed by atoms with Gasteiger partial charge in [-0.15, -0.1) is 0 Å². The standard InChI is InChI=1S/C16H13N7/c1-4-5-12-13-8(2)21-22-14(13)20-15-10(6-17)11-7-18-9(3)19-16(11)23(12)15/h4-5,7,21H,2H2,1,3H3,(H,20,22)/b5-4-. The van der Waals surface area contributed by atoms with Gasteiger partial charge in [-0.25, -0.2) is 9.97 Å². The average Bonchev–Trinajstić information content (AvgIpc) is 3.05. The van der Waals surface area contributed by atoms with Crippen molar-refractivity contribution in [2.24, 2.45) is 0 Å². The molecule has 7 nitrogen and oxygen atoms in total. The Labute approximate surface area is 131 Å². The monoisotopic (exact) mass is 303 g/mol. The van der Waals surface area contributed by atoms with Crippen LogP contribution in [0.5, 0.6) is 0 Å². The van der Waals surface area contributed by atoms with Gasteiger partial charge in [-0.1, -0.05) is 12.7 Å². The van der Waals surface area contributed by atoms with Crippen molar-refractivity contribution < 1.29 is 0 Å². The number of hydrogen-bond acceptors (Lipinski definition) is 5. The first-order chi connectivity index (χ1) is 11.2. The number of hydrogen-bond donors (Lipinski definition) is 2. The van der Waals surface area contributed by atoms with E-state index in [1.807, 2.05) is 30.6 Å². The third-order valence-electron chi connectivity index (χ3n) is 3.84. The number of aromatic nitrogens is 5. The Morgan fingerprint density at radius 3 is 3.00 bits per heavy atom. The molecule has 2 N–H and O–H groups in total. The molecule has 0 aromatic carbocycles. The third-order valence-corrected chi connectivity index (χ3v) is 3.84. The fourth-order valence-corrected chi connectivity index (χ4v) is 2.90.